The maximum atomic E-state index is 11.2. The number of nitrogens with zero attached hydrogens (tertiary/aromatic N) is 1. The van der Waals surface area contributed by atoms with E-state index < -0.39 is 10.8 Å². The van der Waals surface area contributed by atoms with Gasteiger partial charge in [-0.05, 0) is 6.92 Å². The van der Waals surface area contributed by atoms with E-state index in [9.17, 15) is 4.21 Å². The number of likely N-dealkylation sites (N-methyl/N-ethyl adjacent to an activating group) is 1. The summed E-state index contributed by atoms with van der Waals surface area (Å²) in [5, 5.41) is 0. The lowest BCUT2D eigenvalue weighted by molar-refractivity contribution is -0.873. The molecule has 1 heterocycles. The van der Waals surface area contributed by atoms with Crippen molar-refractivity contribution < 1.29 is 13.4 Å². The zero-order chi connectivity index (χ0) is 9.35. The van der Waals surface area contributed by atoms with Gasteiger partial charge in [-0.1, -0.05) is 0 Å². The van der Waals surface area contributed by atoms with Gasteiger partial charge in [0.05, 0.1) is 37.7 Å². The first-order valence-corrected chi connectivity index (χ1v) is 5.60. The van der Waals surface area contributed by atoms with Crippen molar-refractivity contribution in [1.29, 1.82) is 0 Å². The lowest BCUT2D eigenvalue weighted by Gasteiger charge is -2.26. The van der Waals surface area contributed by atoms with Crippen molar-refractivity contribution in [3.05, 3.63) is 0 Å². The highest BCUT2D eigenvalue weighted by Crippen LogP contribution is 2.16. The van der Waals surface area contributed by atoms with Crippen molar-refractivity contribution in [2.24, 2.45) is 0 Å². The summed E-state index contributed by atoms with van der Waals surface area (Å²) in [7, 11) is 5.60. The summed E-state index contributed by atoms with van der Waals surface area (Å²) in [6.45, 7) is 2.82. The molecule has 3 nitrogen and oxygen atoms in total. The molecule has 72 valence electrons. The molecule has 0 bridgehead atoms. The van der Waals surface area contributed by atoms with Gasteiger partial charge in [0.1, 0.15) is 18.1 Å². The van der Waals surface area contributed by atoms with Gasteiger partial charge >= 0.3 is 0 Å². The van der Waals surface area contributed by atoms with E-state index in [1.165, 1.54) is 0 Å². The zero-order valence-electron chi connectivity index (χ0n) is 8.24. The predicted molar refractivity (Wildman–Crippen MR) is 50.2 cm³/mol. The Hall–Kier alpha value is 0.0700. The first kappa shape index (κ1) is 10.2. The first-order chi connectivity index (χ1) is 5.38. The van der Waals surface area contributed by atoms with Gasteiger partial charge < -0.3 is 9.22 Å². The minimum absolute atomic E-state index is 0.0680. The number of hydrogen-bond acceptors (Lipinski definition) is 2. The van der Waals surface area contributed by atoms with Crippen LogP contribution in [0, 0.1) is 0 Å². The maximum absolute atomic E-state index is 11.2. The quantitative estimate of drug-likeness (QED) is 0.584. The van der Waals surface area contributed by atoms with Crippen LogP contribution in [-0.2, 0) is 15.5 Å². The van der Waals surface area contributed by atoms with Crippen LogP contribution in [0.4, 0.5) is 0 Å². The zero-order valence-corrected chi connectivity index (χ0v) is 9.06. The molecule has 1 fully saturated rings. The van der Waals surface area contributed by atoms with Gasteiger partial charge in [0.15, 0.2) is 0 Å². The molecule has 1 rings (SSSR count). The Morgan fingerprint density at radius 1 is 1.50 bits per heavy atom. The molecule has 0 amide bonds. The average Bonchev–Trinajstić information content (AvgIpc) is 2.07. The van der Waals surface area contributed by atoms with Crippen LogP contribution in [0.2, 0.25) is 0 Å². The standard InChI is InChI=1S/C8H18NO2S/c1-7-11-8(6-12(7)10)5-9(2,3)4/h7-8H,5-6H2,1-4H3/q+1/t7-,8-,12?/m1/s1. The number of quaternary nitrogens is 1. The van der Waals surface area contributed by atoms with Crippen LogP contribution in [-0.4, -0.2) is 53.7 Å². The van der Waals surface area contributed by atoms with Gasteiger partial charge in [0.25, 0.3) is 0 Å². The van der Waals surface area contributed by atoms with Gasteiger partial charge in [-0.25, -0.2) is 0 Å². The third kappa shape index (κ3) is 2.84. The van der Waals surface area contributed by atoms with E-state index in [0.717, 1.165) is 11.0 Å². The first-order valence-electron chi connectivity index (χ1n) is 4.21. The second kappa shape index (κ2) is 3.44. The third-order valence-electron chi connectivity index (χ3n) is 1.86. The molecule has 1 saturated heterocycles. The fraction of sp³-hybridized carbons (Fsp3) is 1.00. The summed E-state index contributed by atoms with van der Waals surface area (Å²) in [6, 6.07) is 0. The third-order valence-corrected chi connectivity index (χ3v) is 3.41. The second-order valence-corrected chi connectivity index (χ2v) is 6.10. The summed E-state index contributed by atoms with van der Waals surface area (Å²) in [5.74, 6) is 0.705. The van der Waals surface area contributed by atoms with Crippen molar-refractivity contribution in [3.63, 3.8) is 0 Å². The summed E-state index contributed by atoms with van der Waals surface area (Å²) < 4.78 is 17.7. The van der Waals surface area contributed by atoms with E-state index in [2.05, 4.69) is 21.1 Å². The van der Waals surface area contributed by atoms with Crippen LogP contribution in [0.1, 0.15) is 6.92 Å². The highest BCUT2D eigenvalue weighted by molar-refractivity contribution is 7.85. The normalized spacial score (nSPS) is 37.2. The smallest absolute Gasteiger partial charge is 0.130 e. The van der Waals surface area contributed by atoms with Crippen LogP contribution < -0.4 is 0 Å². The molecular formula is C8H18NO2S+. The lowest BCUT2D eigenvalue weighted by atomic mass is 10.3. The highest BCUT2D eigenvalue weighted by Gasteiger charge is 2.32. The van der Waals surface area contributed by atoms with Crippen molar-refractivity contribution in [1.82, 2.24) is 0 Å². The van der Waals surface area contributed by atoms with Crippen molar-refractivity contribution in [2.75, 3.05) is 33.4 Å². The molecule has 3 atom stereocenters. The lowest BCUT2D eigenvalue weighted by Crippen LogP contribution is -2.42. The molecule has 0 aromatic rings. The highest BCUT2D eigenvalue weighted by atomic mass is 32.2. The predicted octanol–water partition coefficient (Wildman–Crippen LogP) is 0.186. The monoisotopic (exact) mass is 192 g/mol. The van der Waals surface area contributed by atoms with Gasteiger partial charge in [-0.15, -0.1) is 0 Å². The molecule has 0 aromatic carbocycles. The molecule has 0 saturated carbocycles. The Kier molecular flexibility index (Phi) is 2.91. The molecule has 1 aliphatic rings. The van der Waals surface area contributed by atoms with Crippen molar-refractivity contribution in [2.45, 2.75) is 18.5 Å². The van der Waals surface area contributed by atoms with Crippen LogP contribution in [0.15, 0.2) is 0 Å². The Morgan fingerprint density at radius 3 is 2.42 bits per heavy atom. The molecule has 12 heavy (non-hydrogen) atoms. The maximum Gasteiger partial charge on any atom is 0.130 e. The minimum Gasteiger partial charge on any atom is -0.355 e. The summed E-state index contributed by atoms with van der Waals surface area (Å²) in [4.78, 5) is 0. The summed E-state index contributed by atoms with van der Waals surface area (Å²) in [6.07, 6.45) is 0.181. The summed E-state index contributed by atoms with van der Waals surface area (Å²) >= 11 is 0. The van der Waals surface area contributed by atoms with E-state index in [1.807, 2.05) is 6.92 Å². The molecule has 4 heteroatoms. The molecule has 0 radical (unpaired) electrons. The van der Waals surface area contributed by atoms with Crippen molar-refractivity contribution >= 4 is 10.8 Å². The fourth-order valence-electron chi connectivity index (χ4n) is 1.40. The van der Waals surface area contributed by atoms with E-state index in [1.54, 1.807) is 0 Å². The molecule has 0 spiro atoms. The minimum atomic E-state index is -0.765. The Bertz CT molecular complexity index is 188. The van der Waals surface area contributed by atoms with E-state index in [0.29, 0.717) is 5.75 Å². The van der Waals surface area contributed by atoms with E-state index in [-0.39, 0.29) is 11.5 Å². The molecule has 0 aromatic heterocycles. The fourth-order valence-corrected chi connectivity index (χ4v) is 2.50. The van der Waals surface area contributed by atoms with Crippen LogP contribution in [0.25, 0.3) is 0 Å². The topological polar surface area (TPSA) is 26.3 Å². The number of rotatable bonds is 2. The van der Waals surface area contributed by atoms with Gasteiger partial charge in [-0.2, -0.15) is 0 Å². The van der Waals surface area contributed by atoms with Crippen molar-refractivity contribution in [3.8, 4) is 0 Å². The Balaban J connectivity index is 2.43. The average molecular weight is 192 g/mol. The molecule has 1 aliphatic heterocycles. The number of hydrogen-bond donors (Lipinski definition) is 0. The van der Waals surface area contributed by atoms with E-state index >= 15 is 0 Å². The Labute approximate surface area is 76.7 Å². The van der Waals surface area contributed by atoms with Crippen LogP contribution in [0.5, 0.6) is 0 Å². The largest absolute Gasteiger partial charge is 0.355 e. The SMILES string of the molecule is C[C@@H]1O[C@H](C[N+](C)(C)C)CS1=O. The van der Waals surface area contributed by atoms with Crippen LogP contribution in [0.3, 0.4) is 0 Å². The second-order valence-electron chi connectivity index (χ2n) is 4.35. The summed E-state index contributed by atoms with van der Waals surface area (Å²) in [5.41, 5.74) is -0.0680. The van der Waals surface area contributed by atoms with Gasteiger partial charge in [0, 0.05) is 0 Å². The van der Waals surface area contributed by atoms with E-state index in [4.69, 9.17) is 4.74 Å². The molecular weight excluding hydrogens is 174 g/mol. The molecule has 0 aliphatic carbocycles. The Morgan fingerprint density at radius 2 is 2.08 bits per heavy atom. The molecule has 1 unspecified atom stereocenters. The van der Waals surface area contributed by atoms with Gasteiger partial charge in [0.2, 0.25) is 0 Å². The number of ether oxygens (including phenoxy) is 1. The van der Waals surface area contributed by atoms with Crippen LogP contribution >= 0.6 is 0 Å². The van der Waals surface area contributed by atoms with Gasteiger partial charge in [-0.3, -0.25) is 4.21 Å². The molecule has 0 N–H and O–H groups in total.